The minimum atomic E-state index is 0.284. The zero-order valence-electron chi connectivity index (χ0n) is 10.9. The topological polar surface area (TPSA) is 80.3 Å². The summed E-state index contributed by atoms with van der Waals surface area (Å²) in [5.74, 6) is 0. The standard InChI is InChI=1S/C13H10N6S/c1-8-5-3-4-6-10(8)12-11(7-14)16-18-19(12)13-17-15-9(2)20-13/h3-6H,1-2H3. The molecule has 0 aliphatic heterocycles. The first-order valence-electron chi connectivity index (χ1n) is 5.93. The van der Waals surface area contributed by atoms with E-state index in [2.05, 4.69) is 26.6 Å². The van der Waals surface area contributed by atoms with Gasteiger partial charge in [0.25, 0.3) is 0 Å². The van der Waals surface area contributed by atoms with Crippen LogP contribution in [0.1, 0.15) is 16.3 Å². The molecule has 0 saturated carbocycles. The van der Waals surface area contributed by atoms with Crippen LogP contribution in [-0.4, -0.2) is 25.2 Å². The van der Waals surface area contributed by atoms with Crippen molar-refractivity contribution in [3.8, 4) is 22.5 Å². The van der Waals surface area contributed by atoms with Crippen molar-refractivity contribution in [3.63, 3.8) is 0 Å². The van der Waals surface area contributed by atoms with E-state index in [-0.39, 0.29) is 5.69 Å². The van der Waals surface area contributed by atoms with E-state index in [1.807, 2.05) is 38.1 Å². The van der Waals surface area contributed by atoms with E-state index in [4.69, 9.17) is 0 Å². The molecule has 2 heterocycles. The molecule has 7 heteroatoms. The lowest BCUT2D eigenvalue weighted by Crippen LogP contribution is -2.00. The highest BCUT2D eigenvalue weighted by molar-refractivity contribution is 7.13. The molecule has 0 aliphatic carbocycles. The Balaban J connectivity index is 2.27. The maximum atomic E-state index is 9.24. The van der Waals surface area contributed by atoms with Gasteiger partial charge in [0.15, 0.2) is 5.69 Å². The van der Waals surface area contributed by atoms with Crippen molar-refractivity contribution in [2.45, 2.75) is 13.8 Å². The van der Waals surface area contributed by atoms with Crippen LogP contribution in [0.4, 0.5) is 0 Å². The van der Waals surface area contributed by atoms with Crippen LogP contribution in [0.2, 0.25) is 0 Å². The van der Waals surface area contributed by atoms with Gasteiger partial charge in [0.05, 0.1) is 0 Å². The number of nitriles is 1. The molecule has 3 rings (SSSR count). The first-order valence-corrected chi connectivity index (χ1v) is 6.74. The maximum absolute atomic E-state index is 9.24. The Bertz CT molecular complexity index is 810. The molecular weight excluding hydrogens is 272 g/mol. The van der Waals surface area contributed by atoms with Crippen molar-refractivity contribution in [2.75, 3.05) is 0 Å². The molecule has 0 amide bonds. The summed E-state index contributed by atoms with van der Waals surface area (Å²) in [7, 11) is 0. The van der Waals surface area contributed by atoms with Crippen LogP contribution in [0.3, 0.4) is 0 Å². The van der Waals surface area contributed by atoms with E-state index in [9.17, 15) is 5.26 Å². The van der Waals surface area contributed by atoms with E-state index < -0.39 is 0 Å². The first kappa shape index (κ1) is 12.4. The number of hydrogen-bond donors (Lipinski definition) is 0. The summed E-state index contributed by atoms with van der Waals surface area (Å²) in [6, 6.07) is 9.88. The summed E-state index contributed by atoms with van der Waals surface area (Å²) < 4.78 is 1.57. The molecule has 0 bridgehead atoms. The molecule has 20 heavy (non-hydrogen) atoms. The molecule has 0 atom stereocenters. The van der Waals surface area contributed by atoms with Gasteiger partial charge in [-0.05, 0) is 19.4 Å². The van der Waals surface area contributed by atoms with E-state index in [0.717, 1.165) is 16.1 Å². The molecule has 0 spiro atoms. The number of rotatable bonds is 2. The van der Waals surface area contributed by atoms with Gasteiger partial charge in [-0.15, -0.1) is 15.3 Å². The summed E-state index contributed by atoms with van der Waals surface area (Å²) >= 11 is 1.41. The Morgan fingerprint density at radius 3 is 2.60 bits per heavy atom. The molecule has 0 unspecified atom stereocenters. The molecule has 0 radical (unpaired) electrons. The molecule has 2 aromatic heterocycles. The van der Waals surface area contributed by atoms with E-state index >= 15 is 0 Å². The molecule has 98 valence electrons. The molecule has 6 nitrogen and oxygen atoms in total. The van der Waals surface area contributed by atoms with Crippen molar-refractivity contribution in [2.24, 2.45) is 0 Å². The zero-order valence-corrected chi connectivity index (χ0v) is 11.7. The third-order valence-corrected chi connectivity index (χ3v) is 3.69. The third-order valence-electron chi connectivity index (χ3n) is 2.87. The van der Waals surface area contributed by atoms with Crippen molar-refractivity contribution in [3.05, 3.63) is 40.5 Å². The Kier molecular flexibility index (Phi) is 3.00. The number of nitrogens with zero attached hydrogens (tertiary/aromatic N) is 6. The lowest BCUT2D eigenvalue weighted by Gasteiger charge is -2.06. The second-order valence-electron chi connectivity index (χ2n) is 4.23. The second-order valence-corrected chi connectivity index (χ2v) is 5.39. The highest BCUT2D eigenvalue weighted by atomic mass is 32.1. The highest BCUT2D eigenvalue weighted by Gasteiger charge is 2.19. The Hall–Kier alpha value is -2.59. The Morgan fingerprint density at radius 2 is 1.95 bits per heavy atom. The van der Waals surface area contributed by atoms with Gasteiger partial charge in [-0.2, -0.15) is 9.94 Å². The first-order chi connectivity index (χ1) is 9.70. The predicted molar refractivity (Wildman–Crippen MR) is 74.5 cm³/mol. The van der Waals surface area contributed by atoms with Crippen molar-refractivity contribution in [1.29, 1.82) is 5.26 Å². The Morgan fingerprint density at radius 1 is 1.15 bits per heavy atom. The Labute approximate surface area is 119 Å². The third kappa shape index (κ3) is 1.96. The van der Waals surface area contributed by atoms with E-state index in [1.165, 1.54) is 11.3 Å². The fourth-order valence-electron chi connectivity index (χ4n) is 1.94. The smallest absolute Gasteiger partial charge is 0.191 e. The lowest BCUT2D eigenvalue weighted by molar-refractivity contribution is 0.786. The monoisotopic (exact) mass is 282 g/mol. The van der Waals surface area contributed by atoms with Gasteiger partial charge in [-0.3, -0.25) is 0 Å². The van der Waals surface area contributed by atoms with Gasteiger partial charge >= 0.3 is 0 Å². The van der Waals surface area contributed by atoms with E-state index in [0.29, 0.717) is 10.8 Å². The van der Waals surface area contributed by atoms with Crippen LogP contribution in [0, 0.1) is 25.2 Å². The summed E-state index contributed by atoms with van der Waals surface area (Å²) in [4.78, 5) is 0. The van der Waals surface area contributed by atoms with Crippen LogP contribution in [-0.2, 0) is 0 Å². The molecule has 0 fully saturated rings. The van der Waals surface area contributed by atoms with Crippen LogP contribution < -0.4 is 0 Å². The second kappa shape index (κ2) is 4.83. The molecule has 0 aliphatic rings. The average molecular weight is 282 g/mol. The average Bonchev–Trinajstić information content (AvgIpc) is 3.05. The van der Waals surface area contributed by atoms with E-state index in [1.54, 1.807) is 4.68 Å². The number of aryl methyl sites for hydroxylation is 2. The van der Waals surface area contributed by atoms with Crippen LogP contribution in [0.5, 0.6) is 0 Å². The molecular formula is C13H10N6S. The number of aromatic nitrogens is 5. The molecule has 3 aromatic rings. The summed E-state index contributed by atoms with van der Waals surface area (Å²) in [5.41, 5.74) is 2.91. The SMILES string of the molecule is Cc1nnc(-n2nnc(C#N)c2-c2ccccc2C)s1. The minimum absolute atomic E-state index is 0.284. The normalized spacial score (nSPS) is 10.4. The maximum Gasteiger partial charge on any atom is 0.234 e. The number of benzene rings is 1. The largest absolute Gasteiger partial charge is 0.234 e. The van der Waals surface area contributed by atoms with Gasteiger partial charge in [0.2, 0.25) is 5.13 Å². The highest BCUT2D eigenvalue weighted by Crippen LogP contribution is 2.28. The zero-order chi connectivity index (χ0) is 14.1. The van der Waals surface area contributed by atoms with Gasteiger partial charge in [0.1, 0.15) is 16.8 Å². The summed E-state index contributed by atoms with van der Waals surface area (Å²) in [5, 5.41) is 26.7. The minimum Gasteiger partial charge on any atom is -0.191 e. The fraction of sp³-hybridized carbons (Fsp3) is 0.154. The molecule has 0 saturated heterocycles. The van der Waals surface area contributed by atoms with Gasteiger partial charge < -0.3 is 0 Å². The van der Waals surface area contributed by atoms with Crippen LogP contribution in [0.15, 0.2) is 24.3 Å². The lowest BCUT2D eigenvalue weighted by atomic mass is 10.0. The molecule has 1 aromatic carbocycles. The predicted octanol–water partition coefficient (Wildman–Crippen LogP) is 2.27. The van der Waals surface area contributed by atoms with Crippen molar-refractivity contribution in [1.82, 2.24) is 25.2 Å². The van der Waals surface area contributed by atoms with Gasteiger partial charge in [-0.1, -0.05) is 40.8 Å². The van der Waals surface area contributed by atoms with Crippen molar-refractivity contribution < 1.29 is 0 Å². The quantitative estimate of drug-likeness (QED) is 0.720. The van der Waals surface area contributed by atoms with Crippen molar-refractivity contribution >= 4 is 11.3 Å². The van der Waals surface area contributed by atoms with Crippen LogP contribution >= 0.6 is 11.3 Å². The van der Waals surface area contributed by atoms with Gasteiger partial charge in [-0.25, -0.2) is 0 Å². The number of hydrogen-bond acceptors (Lipinski definition) is 6. The van der Waals surface area contributed by atoms with Crippen LogP contribution in [0.25, 0.3) is 16.4 Å². The summed E-state index contributed by atoms with van der Waals surface area (Å²) in [6.07, 6.45) is 0. The molecule has 0 N–H and O–H groups in total. The summed E-state index contributed by atoms with van der Waals surface area (Å²) in [6.45, 7) is 3.86. The van der Waals surface area contributed by atoms with Gasteiger partial charge in [0, 0.05) is 5.56 Å². The fourth-order valence-corrected chi connectivity index (χ4v) is 2.58.